The summed E-state index contributed by atoms with van der Waals surface area (Å²) in [5.74, 6) is -0.0756. The van der Waals surface area contributed by atoms with Gasteiger partial charge in [-0.15, -0.1) is 0 Å². The van der Waals surface area contributed by atoms with Crippen LogP contribution < -0.4 is 5.56 Å². The summed E-state index contributed by atoms with van der Waals surface area (Å²) >= 11 is 2.71. The molecule has 0 radical (unpaired) electrons. The van der Waals surface area contributed by atoms with Crippen molar-refractivity contribution < 1.29 is 18.0 Å². The van der Waals surface area contributed by atoms with Crippen molar-refractivity contribution in [1.82, 2.24) is 14.3 Å². The number of hydrogen-bond donors (Lipinski definition) is 0. The lowest BCUT2D eigenvalue weighted by Gasteiger charge is -2.30. The van der Waals surface area contributed by atoms with E-state index in [1.54, 1.807) is 41.3 Å². The van der Waals surface area contributed by atoms with Crippen LogP contribution in [-0.2, 0) is 6.18 Å². The highest BCUT2D eigenvalue weighted by Gasteiger charge is 2.37. The van der Waals surface area contributed by atoms with Crippen LogP contribution in [0, 0.1) is 0 Å². The molecule has 1 saturated heterocycles. The fraction of sp³-hybridized carbons (Fsp3) is 0.211. The van der Waals surface area contributed by atoms with Gasteiger partial charge in [-0.1, -0.05) is 12.1 Å². The van der Waals surface area contributed by atoms with Crippen LogP contribution in [0.5, 0.6) is 0 Å². The topological polar surface area (TPSA) is 54.7 Å². The molecule has 3 heterocycles. The average Bonchev–Trinajstić information content (AvgIpc) is 2.62. The number of fused-ring (bicyclic) bond motifs is 1. The molecule has 1 aromatic carbocycles. The Hall–Kier alpha value is -2.68. The zero-order chi connectivity index (χ0) is 20.1. The Morgan fingerprint density at radius 2 is 1.79 bits per heavy atom. The third kappa shape index (κ3) is 3.09. The van der Waals surface area contributed by atoms with Crippen LogP contribution >= 0.6 is 15.9 Å². The molecule has 0 bridgehead atoms. The molecule has 5 nitrogen and oxygen atoms in total. The van der Waals surface area contributed by atoms with Gasteiger partial charge in [0.2, 0.25) is 0 Å². The summed E-state index contributed by atoms with van der Waals surface area (Å²) in [6.07, 6.45) is -2.43. The van der Waals surface area contributed by atoms with Crippen molar-refractivity contribution in [2.45, 2.75) is 12.6 Å². The molecule has 3 aromatic rings. The summed E-state index contributed by atoms with van der Waals surface area (Å²) in [6.45, 7) is 1.46. The van der Waals surface area contributed by atoms with Crippen molar-refractivity contribution in [1.29, 1.82) is 0 Å². The minimum Gasteiger partial charge on any atom is -0.339 e. The van der Waals surface area contributed by atoms with Crippen LogP contribution in [0.3, 0.4) is 0 Å². The van der Waals surface area contributed by atoms with Crippen LogP contribution in [0.4, 0.5) is 13.2 Å². The highest BCUT2D eigenvalue weighted by Crippen LogP contribution is 2.33. The van der Waals surface area contributed by atoms with E-state index in [0.717, 1.165) is 23.9 Å². The molecule has 144 valence electrons. The van der Waals surface area contributed by atoms with Gasteiger partial charge in [0, 0.05) is 30.4 Å². The fourth-order valence-electron chi connectivity index (χ4n) is 3.05. The van der Waals surface area contributed by atoms with Gasteiger partial charge in [-0.2, -0.15) is 13.2 Å². The minimum atomic E-state index is -4.77. The van der Waals surface area contributed by atoms with Crippen molar-refractivity contribution in [2.24, 2.45) is 0 Å². The first kappa shape index (κ1) is 18.7. The zero-order valence-electron chi connectivity index (χ0n) is 14.3. The standard InChI is InChI=1S/C19H13BrF3N3O2/c20-14-15(19(21,22)23)24-16-13(3-1-10-26(16)18(14)28)11-4-6-12(7-5-11)17(27)25-8-2-9-25/h1,3-7,10H,2,8-9H2. The third-order valence-electron chi connectivity index (χ3n) is 4.65. The molecule has 0 saturated carbocycles. The smallest absolute Gasteiger partial charge is 0.339 e. The van der Waals surface area contributed by atoms with Gasteiger partial charge in [0.05, 0.1) is 0 Å². The molecule has 0 aliphatic carbocycles. The summed E-state index contributed by atoms with van der Waals surface area (Å²) in [6, 6.07) is 9.68. The van der Waals surface area contributed by atoms with E-state index in [1.807, 2.05) is 0 Å². The second-order valence-electron chi connectivity index (χ2n) is 6.42. The number of halogens is 4. The van der Waals surface area contributed by atoms with Crippen LogP contribution in [-0.4, -0.2) is 33.3 Å². The number of benzene rings is 1. The van der Waals surface area contributed by atoms with Crippen molar-refractivity contribution in [3.63, 3.8) is 0 Å². The van der Waals surface area contributed by atoms with Crippen molar-refractivity contribution in [2.75, 3.05) is 13.1 Å². The van der Waals surface area contributed by atoms with Gasteiger partial charge in [-0.25, -0.2) is 4.98 Å². The number of pyridine rings is 1. The second kappa shape index (κ2) is 6.73. The SMILES string of the molecule is O=C(c1ccc(-c2cccn3c(=O)c(Br)c(C(F)(F)F)nc23)cc1)N1CCC1. The van der Waals surface area contributed by atoms with E-state index in [1.165, 1.54) is 6.20 Å². The summed E-state index contributed by atoms with van der Waals surface area (Å²) in [5.41, 5.74) is -0.795. The van der Waals surface area contributed by atoms with E-state index >= 15 is 0 Å². The number of rotatable bonds is 2. The minimum absolute atomic E-state index is 0.0756. The van der Waals surface area contributed by atoms with Gasteiger partial charge in [-0.05, 0) is 52.2 Å². The number of amides is 1. The Morgan fingerprint density at radius 3 is 2.36 bits per heavy atom. The van der Waals surface area contributed by atoms with Crippen molar-refractivity contribution in [3.05, 3.63) is 68.7 Å². The maximum Gasteiger partial charge on any atom is 0.434 e. The molecule has 1 aliphatic heterocycles. The summed E-state index contributed by atoms with van der Waals surface area (Å²) in [5, 5.41) is 0. The average molecular weight is 452 g/mol. The number of hydrogen-bond acceptors (Lipinski definition) is 3. The zero-order valence-corrected chi connectivity index (χ0v) is 15.9. The molecule has 9 heteroatoms. The molecule has 28 heavy (non-hydrogen) atoms. The Kier molecular flexibility index (Phi) is 4.49. The predicted molar refractivity (Wildman–Crippen MR) is 100 cm³/mol. The lowest BCUT2D eigenvalue weighted by molar-refractivity contribution is -0.141. The fourth-order valence-corrected chi connectivity index (χ4v) is 3.55. The Bertz CT molecular complexity index is 1140. The highest BCUT2D eigenvalue weighted by atomic mass is 79.9. The molecule has 4 rings (SSSR count). The second-order valence-corrected chi connectivity index (χ2v) is 7.21. The van der Waals surface area contributed by atoms with E-state index in [0.29, 0.717) is 16.7 Å². The van der Waals surface area contributed by atoms with Gasteiger partial charge >= 0.3 is 6.18 Å². The monoisotopic (exact) mass is 451 g/mol. The van der Waals surface area contributed by atoms with Crippen molar-refractivity contribution >= 4 is 27.5 Å². The molecule has 0 atom stereocenters. The summed E-state index contributed by atoms with van der Waals surface area (Å²) in [7, 11) is 0. The number of aromatic nitrogens is 2. The van der Waals surface area contributed by atoms with Crippen LogP contribution in [0.25, 0.3) is 16.8 Å². The van der Waals surface area contributed by atoms with Gasteiger partial charge in [-0.3, -0.25) is 14.0 Å². The van der Waals surface area contributed by atoms with Crippen molar-refractivity contribution in [3.8, 4) is 11.1 Å². The van der Waals surface area contributed by atoms with E-state index < -0.39 is 21.9 Å². The molecule has 0 unspecified atom stereocenters. The third-order valence-corrected chi connectivity index (χ3v) is 5.37. The molecule has 1 amide bonds. The van der Waals surface area contributed by atoms with E-state index in [2.05, 4.69) is 20.9 Å². The summed E-state index contributed by atoms with van der Waals surface area (Å²) < 4.78 is 40.2. The van der Waals surface area contributed by atoms with Gasteiger partial charge in [0.25, 0.3) is 11.5 Å². The normalized spacial score (nSPS) is 14.2. The van der Waals surface area contributed by atoms with Crippen LogP contribution in [0.15, 0.2) is 51.9 Å². The number of carbonyl (C=O) groups is 1. The maximum atomic E-state index is 13.3. The Labute approximate surface area is 165 Å². The lowest BCUT2D eigenvalue weighted by Crippen LogP contribution is -2.41. The number of alkyl halides is 3. The van der Waals surface area contributed by atoms with Crippen LogP contribution in [0.1, 0.15) is 22.5 Å². The number of nitrogens with zero attached hydrogens (tertiary/aromatic N) is 3. The van der Waals surface area contributed by atoms with Crippen LogP contribution in [0.2, 0.25) is 0 Å². The molecular formula is C19H13BrF3N3O2. The van der Waals surface area contributed by atoms with E-state index in [-0.39, 0.29) is 11.6 Å². The van der Waals surface area contributed by atoms with Gasteiger partial charge in [0.1, 0.15) is 10.1 Å². The molecule has 2 aromatic heterocycles. The van der Waals surface area contributed by atoms with E-state index in [4.69, 9.17) is 0 Å². The first-order chi connectivity index (χ1) is 13.3. The highest BCUT2D eigenvalue weighted by molar-refractivity contribution is 9.10. The Morgan fingerprint density at radius 1 is 1.11 bits per heavy atom. The number of carbonyl (C=O) groups excluding carboxylic acids is 1. The molecule has 0 N–H and O–H groups in total. The largest absolute Gasteiger partial charge is 0.434 e. The Balaban J connectivity index is 1.83. The quantitative estimate of drug-likeness (QED) is 0.591. The van der Waals surface area contributed by atoms with E-state index in [9.17, 15) is 22.8 Å². The molecular weight excluding hydrogens is 439 g/mol. The maximum absolute atomic E-state index is 13.3. The first-order valence-electron chi connectivity index (χ1n) is 8.45. The number of likely N-dealkylation sites (tertiary alicyclic amines) is 1. The lowest BCUT2D eigenvalue weighted by atomic mass is 10.0. The summed E-state index contributed by atoms with van der Waals surface area (Å²) in [4.78, 5) is 30.1. The predicted octanol–water partition coefficient (Wildman–Crippen LogP) is 3.99. The van der Waals surface area contributed by atoms with Gasteiger partial charge in [0.15, 0.2) is 5.69 Å². The molecule has 0 spiro atoms. The first-order valence-corrected chi connectivity index (χ1v) is 9.24. The molecule has 1 aliphatic rings. The molecule has 1 fully saturated rings. The van der Waals surface area contributed by atoms with Gasteiger partial charge < -0.3 is 4.90 Å².